The topological polar surface area (TPSA) is 74.6 Å². The normalized spacial score (nSPS) is 13.9. The van der Waals surface area contributed by atoms with Crippen LogP contribution in [0, 0.1) is 0 Å². The smallest absolute Gasteiger partial charge is 0.425 e. The molecule has 0 aromatic carbocycles. The van der Waals surface area contributed by atoms with Crippen LogP contribution < -0.4 is 0 Å². The Morgan fingerprint density at radius 2 is 2.20 bits per heavy atom. The standard InChI is InChI=1S/C11H13F3N2O3S/c1-7(2)10-9(20(17)18)3-8(4-15-10)5-16-19-6-11(12,13)14/h3-5,7H,6H2,1-2H3,(H,17,18)/p-1/b16-5+. The Balaban J connectivity index is 2.85. The van der Waals surface area contributed by atoms with E-state index in [1.54, 1.807) is 13.8 Å². The summed E-state index contributed by atoms with van der Waals surface area (Å²) in [5, 5.41) is 3.12. The van der Waals surface area contributed by atoms with E-state index in [4.69, 9.17) is 0 Å². The summed E-state index contributed by atoms with van der Waals surface area (Å²) >= 11 is -2.49. The van der Waals surface area contributed by atoms with Crippen LogP contribution in [-0.4, -0.2) is 32.7 Å². The number of pyridine rings is 1. The molecule has 9 heteroatoms. The van der Waals surface area contributed by atoms with Crippen molar-refractivity contribution in [3.63, 3.8) is 0 Å². The fourth-order valence-corrected chi connectivity index (χ4v) is 2.01. The molecule has 0 spiro atoms. The van der Waals surface area contributed by atoms with Crippen molar-refractivity contribution >= 4 is 17.3 Å². The summed E-state index contributed by atoms with van der Waals surface area (Å²) in [6, 6.07) is 1.27. The van der Waals surface area contributed by atoms with Crippen LogP contribution in [0.1, 0.15) is 31.0 Å². The number of aromatic nitrogens is 1. The maximum atomic E-state index is 11.8. The third-order valence-electron chi connectivity index (χ3n) is 2.13. The van der Waals surface area contributed by atoms with Crippen molar-refractivity contribution in [1.82, 2.24) is 4.98 Å². The molecule has 1 aromatic heterocycles. The summed E-state index contributed by atoms with van der Waals surface area (Å²) in [5.74, 6) is -0.102. The largest absolute Gasteiger partial charge is 0.768 e. The van der Waals surface area contributed by atoms with Gasteiger partial charge in [0.2, 0.25) is 6.61 Å². The molecular formula is C11H12F3N2O3S-. The summed E-state index contributed by atoms with van der Waals surface area (Å²) in [4.78, 5) is 7.99. The quantitative estimate of drug-likeness (QED) is 0.475. The van der Waals surface area contributed by atoms with Crippen LogP contribution in [0.15, 0.2) is 22.3 Å². The second-order valence-corrected chi connectivity index (χ2v) is 5.07. The van der Waals surface area contributed by atoms with Crippen molar-refractivity contribution in [1.29, 1.82) is 0 Å². The van der Waals surface area contributed by atoms with Crippen LogP contribution in [0.2, 0.25) is 0 Å². The third-order valence-corrected chi connectivity index (χ3v) is 2.82. The van der Waals surface area contributed by atoms with Crippen LogP contribution in [0.25, 0.3) is 0 Å². The number of oxime groups is 1. The maximum absolute atomic E-state index is 11.8. The van der Waals surface area contributed by atoms with Crippen molar-refractivity contribution in [2.45, 2.75) is 30.8 Å². The van der Waals surface area contributed by atoms with Gasteiger partial charge in [-0.15, -0.1) is 0 Å². The summed E-state index contributed by atoms with van der Waals surface area (Å²) in [7, 11) is 0. The van der Waals surface area contributed by atoms with E-state index in [0.29, 0.717) is 5.69 Å². The molecule has 1 unspecified atom stereocenters. The van der Waals surface area contributed by atoms with Gasteiger partial charge in [-0.25, -0.2) is 0 Å². The highest BCUT2D eigenvalue weighted by molar-refractivity contribution is 7.79. The Bertz CT molecular complexity index is 518. The SMILES string of the molecule is CC(C)c1ncc(/C=N/OCC(F)(F)F)cc1S(=O)[O-]. The van der Waals surface area contributed by atoms with E-state index in [-0.39, 0.29) is 16.4 Å². The predicted molar refractivity (Wildman–Crippen MR) is 65.1 cm³/mol. The molecule has 0 saturated carbocycles. The molecule has 0 aliphatic carbocycles. The second-order valence-electron chi connectivity index (χ2n) is 4.16. The molecule has 0 fully saturated rings. The average molecular weight is 309 g/mol. The average Bonchev–Trinajstić information content (AvgIpc) is 2.33. The molecule has 20 heavy (non-hydrogen) atoms. The van der Waals surface area contributed by atoms with E-state index in [1.165, 1.54) is 12.3 Å². The minimum absolute atomic E-state index is 0.0141. The molecule has 0 saturated heterocycles. The first-order chi connectivity index (χ1) is 9.20. The molecule has 0 radical (unpaired) electrons. The first kappa shape index (κ1) is 16.6. The first-order valence-electron chi connectivity index (χ1n) is 5.52. The lowest BCUT2D eigenvalue weighted by atomic mass is 10.1. The second kappa shape index (κ2) is 6.80. The van der Waals surface area contributed by atoms with E-state index in [9.17, 15) is 21.9 Å². The number of rotatable bonds is 5. The third kappa shape index (κ3) is 5.25. The van der Waals surface area contributed by atoms with Gasteiger partial charge in [0, 0.05) is 16.7 Å². The van der Waals surface area contributed by atoms with Crippen molar-refractivity contribution in [3.05, 3.63) is 23.5 Å². The monoisotopic (exact) mass is 309 g/mol. The fourth-order valence-electron chi connectivity index (χ4n) is 1.32. The van der Waals surface area contributed by atoms with E-state index in [2.05, 4.69) is 15.0 Å². The van der Waals surface area contributed by atoms with Crippen LogP contribution in [-0.2, 0) is 15.9 Å². The Kier molecular flexibility index (Phi) is 5.63. The fraction of sp³-hybridized carbons (Fsp3) is 0.455. The molecule has 0 bridgehead atoms. The molecule has 0 aliphatic rings. The van der Waals surface area contributed by atoms with Gasteiger partial charge in [-0.1, -0.05) is 19.0 Å². The van der Waals surface area contributed by atoms with E-state index < -0.39 is 23.9 Å². The lowest BCUT2D eigenvalue weighted by Gasteiger charge is -2.14. The van der Waals surface area contributed by atoms with Gasteiger partial charge in [0.25, 0.3) is 0 Å². The number of alkyl halides is 3. The summed E-state index contributed by atoms with van der Waals surface area (Å²) in [6.07, 6.45) is -2.19. The van der Waals surface area contributed by atoms with Crippen molar-refractivity contribution < 1.29 is 26.8 Å². The van der Waals surface area contributed by atoms with Gasteiger partial charge < -0.3 is 9.39 Å². The van der Waals surface area contributed by atoms with Gasteiger partial charge in [-0.2, -0.15) is 13.2 Å². The zero-order valence-corrected chi connectivity index (χ0v) is 11.5. The summed E-state index contributed by atoms with van der Waals surface area (Å²) in [6.45, 7) is 2.04. The Morgan fingerprint density at radius 1 is 1.55 bits per heavy atom. The molecule has 0 aliphatic heterocycles. The minimum atomic E-state index is -4.47. The van der Waals surface area contributed by atoms with Gasteiger partial charge >= 0.3 is 6.18 Å². The number of hydrogen-bond donors (Lipinski definition) is 0. The summed E-state index contributed by atoms with van der Waals surface area (Å²) < 4.78 is 57.6. The molecule has 112 valence electrons. The summed E-state index contributed by atoms with van der Waals surface area (Å²) in [5.41, 5.74) is 0.613. The van der Waals surface area contributed by atoms with Gasteiger partial charge in [0.05, 0.1) is 11.9 Å². The highest BCUT2D eigenvalue weighted by Gasteiger charge is 2.28. The van der Waals surface area contributed by atoms with Gasteiger partial charge in [-0.3, -0.25) is 9.19 Å². The lowest BCUT2D eigenvalue weighted by Crippen LogP contribution is -2.14. The van der Waals surface area contributed by atoms with Crippen molar-refractivity contribution in [3.8, 4) is 0 Å². The van der Waals surface area contributed by atoms with Gasteiger partial charge in [-0.05, 0) is 23.1 Å². The maximum Gasteiger partial charge on any atom is 0.425 e. The van der Waals surface area contributed by atoms with Crippen LogP contribution in [0.4, 0.5) is 13.2 Å². The lowest BCUT2D eigenvalue weighted by molar-refractivity contribution is -0.173. The molecule has 1 heterocycles. The van der Waals surface area contributed by atoms with Gasteiger partial charge in [0.1, 0.15) is 0 Å². The minimum Gasteiger partial charge on any atom is -0.768 e. The van der Waals surface area contributed by atoms with Crippen LogP contribution in [0.5, 0.6) is 0 Å². The molecule has 0 amide bonds. The van der Waals surface area contributed by atoms with E-state index in [0.717, 1.165) is 6.21 Å². The Hall–Kier alpha value is -1.48. The van der Waals surface area contributed by atoms with Gasteiger partial charge in [0.15, 0.2) is 0 Å². The van der Waals surface area contributed by atoms with Crippen LogP contribution >= 0.6 is 0 Å². The van der Waals surface area contributed by atoms with Crippen molar-refractivity contribution in [2.75, 3.05) is 6.61 Å². The molecule has 0 N–H and O–H groups in total. The number of halogens is 3. The zero-order chi connectivity index (χ0) is 15.3. The Labute approximate surface area is 116 Å². The van der Waals surface area contributed by atoms with E-state index in [1.807, 2.05) is 0 Å². The van der Waals surface area contributed by atoms with E-state index >= 15 is 0 Å². The molecule has 1 atom stereocenters. The Morgan fingerprint density at radius 3 is 2.70 bits per heavy atom. The molecule has 1 rings (SSSR count). The zero-order valence-electron chi connectivity index (χ0n) is 10.7. The first-order valence-corrected chi connectivity index (χ1v) is 6.59. The molecule has 5 nitrogen and oxygen atoms in total. The highest BCUT2D eigenvalue weighted by Crippen LogP contribution is 2.20. The molecular weight excluding hydrogens is 297 g/mol. The number of nitrogens with zero attached hydrogens (tertiary/aromatic N) is 2. The highest BCUT2D eigenvalue weighted by atomic mass is 32.2. The van der Waals surface area contributed by atoms with Crippen molar-refractivity contribution in [2.24, 2.45) is 5.16 Å². The van der Waals surface area contributed by atoms with Crippen LogP contribution in [0.3, 0.4) is 0 Å². The molecule has 1 aromatic rings. The predicted octanol–water partition coefficient (Wildman–Crippen LogP) is 2.36. The number of hydrogen-bond acceptors (Lipinski definition) is 5.